The number of aryl methyl sites for hydroxylation is 1. The van der Waals surface area contributed by atoms with Gasteiger partial charge in [0.15, 0.2) is 0 Å². The Labute approximate surface area is 78.8 Å². The average molecular weight is 223 g/mol. The lowest BCUT2D eigenvalue weighted by Gasteiger charge is -1.97. The van der Waals surface area contributed by atoms with Crippen molar-refractivity contribution in [2.45, 2.75) is 6.92 Å². The monoisotopic (exact) mass is 222 g/mol. The molecule has 2 rings (SSSR count). The third-order valence-electron chi connectivity index (χ3n) is 1.64. The molecule has 0 spiro atoms. The van der Waals surface area contributed by atoms with E-state index >= 15 is 0 Å². The number of halogens is 1. The topological polar surface area (TPSA) is 25.8 Å². The van der Waals surface area contributed by atoms with Crippen molar-refractivity contribution in [1.29, 1.82) is 0 Å². The Morgan fingerprint density at radius 2 is 2.08 bits per heavy atom. The van der Waals surface area contributed by atoms with Crippen LogP contribution < -0.4 is 0 Å². The van der Waals surface area contributed by atoms with Gasteiger partial charge in [-0.05, 0) is 41.1 Å². The molecule has 0 fully saturated rings. The summed E-state index contributed by atoms with van der Waals surface area (Å²) in [6.07, 6.45) is 1.78. The molecule has 0 saturated carbocycles. The molecule has 0 N–H and O–H groups in total. The minimum absolute atomic E-state index is 0.934. The van der Waals surface area contributed by atoms with Crippen molar-refractivity contribution >= 4 is 27.0 Å². The normalized spacial score (nSPS) is 10.5. The van der Waals surface area contributed by atoms with Gasteiger partial charge in [-0.3, -0.25) is 9.97 Å². The Morgan fingerprint density at radius 3 is 2.92 bits per heavy atom. The van der Waals surface area contributed by atoms with Crippen molar-refractivity contribution in [3.05, 3.63) is 34.6 Å². The van der Waals surface area contributed by atoms with Crippen LogP contribution in [0.15, 0.2) is 28.9 Å². The minimum atomic E-state index is 0.934. The Balaban J connectivity index is 2.80. The first kappa shape index (κ1) is 7.68. The largest absolute Gasteiger partial charge is 0.253 e. The summed E-state index contributed by atoms with van der Waals surface area (Å²) >= 11 is 3.35. The van der Waals surface area contributed by atoms with E-state index in [4.69, 9.17) is 0 Å². The molecule has 0 radical (unpaired) electrons. The van der Waals surface area contributed by atoms with E-state index in [0.717, 1.165) is 21.2 Å². The van der Waals surface area contributed by atoms with E-state index < -0.39 is 0 Å². The van der Waals surface area contributed by atoms with Crippen LogP contribution in [0.5, 0.6) is 0 Å². The molecule has 2 aromatic rings. The number of rotatable bonds is 0. The summed E-state index contributed by atoms with van der Waals surface area (Å²) in [5.41, 5.74) is 2.88. The molecule has 2 heterocycles. The Kier molecular flexibility index (Phi) is 1.81. The maximum Gasteiger partial charge on any atom is 0.0901 e. The predicted octanol–water partition coefficient (Wildman–Crippen LogP) is 2.70. The maximum atomic E-state index is 4.34. The lowest BCUT2D eigenvalue weighted by Crippen LogP contribution is -1.85. The lowest BCUT2D eigenvalue weighted by atomic mass is 10.3. The van der Waals surface area contributed by atoms with E-state index in [1.165, 1.54) is 0 Å². The summed E-state index contributed by atoms with van der Waals surface area (Å²) < 4.78 is 0.966. The van der Waals surface area contributed by atoms with Gasteiger partial charge in [0.25, 0.3) is 0 Å². The van der Waals surface area contributed by atoms with E-state index in [1.807, 2.05) is 25.1 Å². The number of pyridine rings is 2. The molecule has 2 nitrogen and oxygen atoms in total. The van der Waals surface area contributed by atoms with E-state index in [-0.39, 0.29) is 0 Å². The summed E-state index contributed by atoms with van der Waals surface area (Å²) in [5.74, 6) is 0. The minimum Gasteiger partial charge on any atom is -0.253 e. The first-order valence-electron chi connectivity index (χ1n) is 3.64. The van der Waals surface area contributed by atoms with Crippen molar-refractivity contribution in [3.8, 4) is 0 Å². The summed E-state index contributed by atoms with van der Waals surface area (Å²) in [5, 5.41) is 0. The van der Waals surface area contributed by atoms with Crippen molar-refractivity contribution < 1.29 is 0 Å². The van der Waals surface area contributed by atoms with Crippen LogP contribution in [0.1, 0.15) is 5.69 Å². The van der Waals surface area contributed by atoms with Gasteiger partial charge < -0.3 is 0 Å². The average Bonchev–Trinajstić information content (AvgIpc) is 2.03. The van der Waals surface area contributed by atoms with Crippen molar-refractivity contribution in [2.75, 3.05) is 0 Å². The molecule has 0 amide bonds. The Morgan fingerprint density at radius 1 is 1.25 bits per heavy atom. The standard InChI is InChI=1S/C9H7BrN2/c1-6-2-3-8-9(12-6)4-7(10)5-11-8/h2-5H,1H3. The molecular formula is C9H7BrN2. The van der Waals surface area contributed by atoms with E-state index in [2.05, 4.69) is 25.9 Å². The van der Waals surface area contributed by atoms with Gasteiger partial charge in [0, 0.05) is 16.4 Å². The zero-order valence-corrected chi connectivity index (χ0v) is 8.17. The zero-order valence-electron chi connectivity index (χ0n) is 6.58. The van der Waals surface area contributed by atoms with E-state index in [0.29, 0.717) is 0 Å². The molecule has 0 aliphatic carbocycles. The number of nitrogens with zero attached hydrogens (tertiary/aromatic N) is 2. The molecule has 0 aromatic carbocycles. The molecule has 0 bridgehead atoms. The summed E-state index contributed by atoms with van der Waals surface area (Å²) in [6.45, 7) is 1.97. The summed E-state index contributed by atoms with van der Waals surface area (Å²) in [7, 11) is 0. The second-order valence-corrected chi connectivity index (χ2v) is 3.56. The fourth-order valence-corrected chi connectivity index (χ4v) is 1.40. The van der Waals surface area contributed by atoms with Gasteiger partial charge in [-0.25, -0.2) is 0 Å². The molecule has 12 heavy (non-hydrogen) atoms. The molecule has 0 atom stereocenters. The van der Waals surface area contributed by atoms with E-state index in [9.17, 15) is 0 Å². The number of fused-ring (bicyclic) bond motifs is 1. The van der Waals surface area contributed by atoms with Crippen LogP contribution in [0.4, 0.5) is 0 Å². The highest BCUT2D eigenvalue weighted by Crippen LogP contribution is 2.15. The summed E-state index contributed by atoms with van der Waals surface area (Å²) in [6, 6.07) is 5.91. The van der Waals surface area contributed by atoms with Gasteiger partial charge >= 0.3 is 0 Å². The number of aromatic nitrogens is 2. The number of hydrogen-bond donors (Lipinski definition) is 0. The first-order valence-corrected chi connectivity index (χ1v) is 4.44. The maximum absolute atomic E-state index is 4.34. The summed E-state index contributed by atoms with van der Waals surface area (Å²) in [4.78, 5) is 8.56. The third kappa shape index (κ3) is 1.32. The fraction of sp³-hybridized carbons (Fsp3) is 0.111. The van der Waals surface area contributed by atoms with Gasteiger partial charge in [-0.15, -0.1) is 0 Å². The zero-order chi connectivity index (χ0) is 8.55. The lowest BCUT2D eigenvalue weighted by molar-refractivity contribution is 1.23. The van der Waals surface area contributed by atoms with Crippen LogP contribution in [0.3, 0.4) is 0 Å². The third-order valence-corrected chi connectivity index (χ3v) is 2.08. The van der Waals surface area contributed by atoms with Crippen molar-refractivity contribution in [2.24, 2.45) is 0 Å². The van der Waals surface area contributed by atoms with Crippen LogP contribution in [0, 0.1) is 6.92 Å². The highest BCUT2D eigenvalue weighted by atomic mass is 79.9. The smallest absolute Gasteiger partial charge is 0.0901 e. The molecule has 2 aromatic heterocycles. The molecule has 0 aliphatic rings. The molecule has 60 valence electrons. The Bertz CT molecular complexity index is 389. The predicted molar refractivity (Wildman–Crippen MR) is 52.0 cm³/mol. The van der Waals surface area contributed by atoms with Crippen LogP contribution in [-0.4, -0.2) is 9.97 Å². The van der Waals surface area contributed by atoms with Gasteiger partial charge in [-0.1, -0.05) is 0 Å². The highest BCUT2D eigenvalue weighted by molar-refractivity contribution is 9.10. The van der Waals surface area contributed by atoms with Crippen molar-refractivity contribution in [1.82, 2.24) is 9.97 Å². The van der Waals surface area contributed by atoms with E-state index in [1.54, 1.807) is 6.20 Å². The Hall–Kier alpha value is -0.960. The van der Waals surface area contributed by atoms with Crippen molar-refractivity contribution in [3.63, 3.8) is 0 Å². The fourth-order valence-electron chi connectivity index (χ4n) is 1.08. The molecule has 3 heteroatoms. The molecule has 0 unspecified atom stereocenters. The van der Waals surface area contributed by atoms with Crippen LogP contribution in [0.2, 0.25) is 0 Å². The van der Waals surface area contributed by atoms with Gasteiger partial charge in [0.1, 0.15) is 0 Å². The van der Waals surface area contributed by atoms with Crippen LogP contribution >= 0.6 is 15.9 Å². The second-order valence-electron chi connectivity index (χ2n) is 2.64. The van der Waals surface area contributed by atoms with Gasteiger partial charge in [-0.2, -0.15) is 0 Å². The van der Waals surface area contributed by atoms with Crippen LogP contribution in [-0.2, 0) is 0 Å². The second kappa shape index (κ2) is 2.83. The molecule has 0 aliphatic heterocycles. The first-order chi connectivity index (χ1) is 5.75. The van der Waals surface area contributed by atoms with Gasteiger partial charge in [0.05, 0.1) is 11.0 Å². The molecule has 0 saturated heterocycles. The SMILES string of the molecule is Cc1ccc2ncc(Br)cc2n1. The molecular weight excluding hydrogens is 216 g/mol. The quantitative estimate of drug-likeness (QED) is 0.686. The van der Waals surface area contributed by atoms with Gasteiger partial charge in [0.2, 0.25) is 0 Å². The van der Waals surface area contributed by atoms with Crippen LogP contribution in [0.25, 0.3) is 11.0 Å². The highest BCUT2D eigenvalue weighted by Gasteiger charge is 1.96. The number of hydrogen-bond acceptors (Lipinski definition) is 2.